The van der Waals surface area contributed by atoms with E-state index in [0.29, 0.717) is 42.7 Å². The molecule has 6 nitrogen and oxygen atoms in total. The van der Waals surface area contributed by atoms with E-state index in [0.717, 1.165) is 16.9 Å². The second-order valence-corrected chi connectivity index (χ2v) is 8.65. The molecule has 1 atom stereocenters. The number of ether oxygens (including phenoxy) is 3. The zero-order valence-electron chi connectivity index (χ0n) is 18.8. The van der Waals surface area contributed by atoms with E-state index >= 15 is 0 Å². The molecule has 1 aliphatic heterocycles. The molecule has 4 rings (SSSR count). The van der Waals surface area contributed by atoms with Crippen LogP contribution in [-0.2, 0) is 6.61 Å². The molecule has 3 aromatic rings. The third kappa shape index (κ3) is 5.54. The first kappa shape index (κ1) is 22.9. The summed E-state index contributed by atoms with van der Waals surface area (Å²) in [5, 5.41) is 2.90. The van der Waals surface area contributed by atoms with Crippen LogP contribution in [0.2, 0.25) is 0 Å². The van der Waals surface area contributed by atoms with E-state index in [2.05, 4.69) is 5.32 Å². The van der Waals surface area contributed by atoms with Gasteiger partial charge in [0, 0.05) is 12.3 Å². The number of nitrogens with one attached hydrogen (secondary N) is 1. The standard InChI is InChI=1S/C26H28N2O4S/c1-3-31-22-12-8-7-11-21(22)27-26(29)28-15-16-33-25(28)20-13-14-23(24(17-20)30-2)32-18-19-9-5-4-6-10-19/h4-14,17,25H,3,15-16,18H2,1-2H3,(H,27,29). The van der Waals surface area contributed by atoms with E-state index in [-0.39, 0.29) is 11.4 Å². The summed E-state index contributed by atoms with van der Waals surface area (Å²) in [7, 11) is 1.63. The summed E-state index contributed by atoms with van der Waals surface area (Å²) in [5.74, 6) is 2.85. The van der Waals surface area contributed by atoms with Crippen molar-refractivity contribution >= 4 is 23.5 Å². The molecule has 0 saturated carbocycles. The predicted molar refractivity (Wildman–Crippen MR) is 132 cm³/mol. The lowest BCUT2D eigenvalue weighted by Crippen LogP contribution is -2.34. The summed E-state index contributed by atoms with van der Waals surface area (Å²) in [4.78, 5) is 15.0. The molecule has 0 aliphatic carbocycles. The molecular weight excluding hydrogens is 436 g/mol. The quantitative estimate of drug-likeness (QED) is 0.446. The highest BCUT2D eigenvalue weighted by molar-refractivity contribution is 7.99. The Morgan fingerprint density at radius 1 is 1.00 bits per heavy atom. The Bertz CT molecular complexity index is 1080. The molecule has 1 N–H and O–H groups in total. The van der Waals surface area contributed by atoms with Crippen molar-refractivity contribution in [1.29, 1.82) is 0 Å². The second-order valence-electron chi connectivity index (χ2n) is 7.46. The van der Waals surface area contributed by atoms with Crippen molar-refractivity contribution in [2.24, 2.45) is 0 Å². The van der Waals surface area contributed by atoms with Crippen molar-refractivity contribution in [1.82, 2.24) is 4.90 Å². The molecule has 0 radical (unpaired) electrons. The Morgan fingerprint density at radius 2 is 1.79 bits per heavy atom. The molecule has 1 aliphatic rings. The minimum absolute atomic E-state index is 0.110. The Labute approximate surface area is 198 Å². The highest BCUT2D eigenvalue weighted by Crippen LogP contribution is 2.41. The van der Waals surface area contributed by atoms with Crippen LogP contribution in [0.25, 0.3) is 0 Å². The van der Waals surface area contributed by atoms with Gasteiger partial charge in [0.05, 0.1) is 19.4 Å². The summed E-state index contributed by atoms with van der Waals surface area (Å²) in [6.45, 7) is 3.58. The Hall–Kier alpha value is -3.32. The van der Waals surface area contributed by atoms with Crippen LogP contribution in [0, 0.1) is 0 Å². The third-order valence-corrected chi connectivity index (χ3v) is 6.55. The molecule has 1 fully saturated rings. The molecule has 0 bridgehead atoms. The number of benzene rings is 3. The molecule has 172 valence electrons. The van der Waals surface area contributed by atoms with Crippen LogP contribution in [0.15, 0.2) is 72.8 Å². The SMILES string of the molecule is CCOc1ccccc1NC(=O)N1CCSC1c1ccc(OCc2ccccc2)c(OC)c1. The average Bonchev–Trinajstić information content (AvgIpc) is 3.35. The van der Waals surface area contributed by atoms with Crippen LogP contribution < -0.4 is 19.5 Å². The van der Waals surface area contributed by atoms with Crippen LogP contribution in [0.3, 0.4) is 0 Å². The van der Waals surface area contributed by atoms with E-state index < -0.39 is 0 Å². The van der Waals surface area contributed by atoms with Crippen molar-refractivity contribution in [3.8, 4) is 17.2 Å². The lowest BCUT2D eigenvalue weighted by atomic mass is 10.1. The summed E-state index contributed by atoms with van der Waals surface area (Å²) < 4.78 is 17.2. The zero-order chi connectivity index (χ0) is 23.0. The second kappa shape index (κ2) is 11.0. The number of carbonyl (C=O) groups is 1. The molecule has 3 aromatic carbocycles. The van der Waals surface area contributed by atoms with Crippen molar-refractivity contribution in [2.75, 3.05) is 31.3 Å². The Kier molecular flexibility index (Phi) is 7.62. The number of methoxy groups -OCH3 is 1. The van der Waals surface area contributed by atoms with Gasteiger partial charge in [-0.25, -0.2) is 4.79 Å². The van der Waals surface area contributed by atoms with Crippen LogP contribution in [0.5, 0.6) is 17.2 Å². The van der Waals surface area contributed by atoms with E-state index in [1.54, 1.807) is 18.9 Å². The number of rotatable bonds is 8. The highest BCUT2D eigenvalue weighted by atomic mass is 32.2. The van der Waals surface area contributed by atoms with Crippen molar-refractivity contribution in [3.05, 3.63) is 83.9 Å². The third-order valence-electron chi connectivity index (χ3n) is 5.29. The summed E-state index contributed by atoms with van der Waals surface area (Å²) in [5.41, 5.74) is 2.75. The molecule has 0 spiro atoms. The number of amides is 2. The van der Waals surface area contributed by atoms with Crippen molar-refractivity contribution in [3.63, 3.8) is 0 Å². The average molecular weight is 465 g/mol. The maximum atomic E-state index is 13.1. The maximum absolute atomic E-state index is 13.1. The number of para-hydroxylation sites is 2. The minimum Gasteiger partial charge on any atom is -0.493 e. The minimum atomic E-state index is -0.152. The van der Waals surface area contributed by atoms with E-state index in [4.69, 9.17) is 14.2 Å². The van der Waals surface area contributed by atoms with Gasteiger partial charge in [-0.2, -0.15) is 0 Å². The monoisotopic (exact) mass is 464 g/mol. The largest absolute Gasteiger partial charge is 0.493 e. The van der Waals surface area contributed by atoms with E-state index in [1.807, 2.05) is 84.6 Å². The van der Waals surface area contributed by atoms with Crippen molar-refractivity contribution in [2.45, 2.75) is 18.9 Å². The Morgan fingerprint density at radius 3 is 2.58 bits per heavy atom. The molecular formula is C26H28N2O4S. The van der Waals surface area contributed by atoms with Gasteiger partial charge in [0.15, 0.2) is 11.5 Å². The fraction of sp³-hybridized carbons (Fsp3) is 0.269. The van der Waals surface area contributed by atoms with Gasteiger partial charge < -0.3 is 24.4 Å². The van der Waals surface area contributed by atoms with Gasteiger partial charge >= 0.3 is 6.03 Å². The summed E-state index contributed by atoms with van der Waals surface area (Å²) >= 11 is 1.73. The Balaban J connectivity index is 1.48. The molecule has 0 aromatic heterocycles. The predicted octanol–water partition coefficient (Wildman–Crippen LogP) is 5.95. The maximum Gasteiger partial charge on any atom is 0.323 e. The van der Waals surface area contributed by atoms with Gasteiger partial charge in [0.2, 0.25) is 0 Å². The number of nitrogens with zero attached hydrogens (tertiary/aromatic N) is 1. The first-order valence-electron chi connectivity index (χ1n) is 10.9. The lowest BCUT2D eigenvalue weighted by Gasteiger charge is -2.25. The van der Waals surface area contributed by atoms with Gasteiger partial charge in [-0.15, -0.1) is 11.8 Å². The smallest absolute Gasteiger partial charge is 0.323 e. The van der Waals surface area contributed by atoms with Crippen LogP contribution in [-0.4, -0.2) is 36.9 Å². The number of hydrogen-bond acceptors (Lipinski definition) is 5. The first-order chi connectivity index (χ1) is 16.2. The topological polar surface area (TPSA) is 60.0 Å². The number of urea groups is 1. The lowest BCUT2D eigenvalue weighted by molar-refractivity contribution is 0.214. The fourth-order valence-corrected chi connectivity index (χ4v) is 4.93. The summed E-state index contributed by atoms with van der Waals surface area (Å²) in [6, 6.07) is 23.2. The van der Waals surface area contributed by atoms with Gasteiger partial charge in [-0.3, -0.25) is 0 Å². The van der Waals surface area contributed by atoms with E-state index in [9.17, 15) is 4.79 Å². The van der Waals surface area contributed by atoms with E-state index in [1.165, 1.54) is 0 Å². The molecule has 2 amide bonds. The van der Waals surface area contributed by atoms with Crippen molar-refractivity contribution < 1.29 is 19.0 Å². The van der Waals surface area contributed by atoms with Crippen LogP contribution in [0.1, 0.15) is 23.4 Å². The van der Waals surface area contributed by atoms with Gasteiger partial charge in [0.1, 0.15) is 17.7 Å². The number of hydrogen-bond donors (Lipinski definition) is 1. The first-order valence-corrected chi connectivity index (χ1v) is 12.0. The van der Waals surface area contributed by atoms with Crippen LogP contribution in [0.4, 0.5) is 10.5 Å². The highest BCUT2D eigenvalue weighted by Gasteiger charge is 2.31. The molecule has 1 heterocycles. The number of carbonyl (C=O) groups excluding carboxylic acids is 1. The number of thioether (sulfide) groups is 1. The molecule has 33 heavy (non-hydrogen) atoms. The van der Waals surface area contributed by atoms with Gasteiger partial charge in [-0.1, -0.05) is 48.5 Å². The normalized spacial score (nSPS) is 15.2. The number of anilines is 1. The van der Waals surface area contributed by atoms with Gasteiger partial charge in [-0.05, 0) is 42.3 Å². The molecule has 1 saturated heterocycles. The summed E-state index contributed by atoms with van der Waals surface area (Å²) in [6.07, 6.45) is 0. The fourth-order valence-electron chi connectivity index (χ4n) is 3.68. The molecule has 7 heteroatoms. The molecule has 1 unspecified atom stereocenters. The van der Waals surface area contributed by atoms with Gasteiger partial charge in [0.25, 0.3) is 0 Å². The van der Waals surface area contributed by atoms with Crippen LogP contribution >= 0.6 is 11.8 Å². The zero-order valence-corrected chi connectivity index (χ0v) is 19.6.